The van der Waals surface area contributed by atoms with Gasteiger partial charge in [0.15, 0.2) is 6.23 Å². The predicted molar refractivity (Wildman–Crippen MR) is 133 cm³/mol. The lowest BCUT2D eigenvalue weighted by Gasteiger charge is -2.28. The number of nitrogens with zero attached hydrogens (tertiary/aromatic N) is 1. The van der Waals surface area contributed by atoms with Crippen molar-refractivity contribution in [3.05, 3.63) is 63.2 Å². The number of hydrogen-bond donors (Lipinski definition) is 4. The standard InChI is InChI=1S/C22H29FN3O9PS/c1-12(2)33-19(29)13(3)25-36(37,35-15-7-5-14(23)6-8-15)32-11-16-18(28)22(4,31)20(34-16)26-10-9-17(27)24-21(26)30/h5-10,12-13,16,18,20,28,31H,11H2,1-4H3,(H,25,37)(H,24,27,30). The third kappa shape index (κ3) is 7.11. The highest BCUT2D eigenvalue weighted by Gasteiger charge is 2.53. The van der Waals surface area contributed by atoms with Crippen LogP contribution in [-0.4, -0.2) is 62.3 Å². The van der Waals surface area contributed by atoms with Crippen molar-refractivity contribution in [2.45, 2.75) is 63.9 Å². The second-order valence-electron chi connectivity index (χ2n) is 8.89. The monoisotopic (exact) mass is 561 g/mol. The molecule has 1 aromatic carbocycles. The Hall–Kier alpha value is -2.45. The maximum Gasteiger partial charge on any atom is 0.330 e. The molecule has 6 unspecified atom stereocenters. The number of aliphatic hydroxyl groups excluding tert-OH is 1. The summed E-state index contributed by atoms with van der Waals surface area (Å²) < 4.78 is 36.8. The van der Waals surface area contributed by atoms with Gasteiger partial charge in [-0.1, -0.05) is 0 Å². The van der Waals surface area contributed by atoms with Gasteiger partial charge in [0, 0.05) is 12.3 Å². The number of esters is 1. The topological polar surface area (TPSA) is 161 Å². The Kier molecular flexibility index (Phi) is 9.06. The Labute approximate surface area is 216 Å². The van der Waals surface area contributed by atoms with Crippen molar-refractivity contribution in [1.29, 1.82) is 0 Å². The number of hydrogen-bond acceptors (Lipinski definition) is 10. The van der Waals surface area contributed by atoms with Gasteiger partial charge >= 0.3 is 18.3 Å². The summed E-state index contributed by atoms with van der Waals surface area (Å²) in [5.41, 5.74) is -3.46. The Morgan fingerprint density at radius 2 is 1.95 bits per heavy atom. The molecule has 2 aromatic rings. The molecule has 1 aliphatic rings. The van der Waals surface area contributed by atoms with E-state index in [0.717, 1.165) is 29.0 Å². The zero-order valence-electron chi connectivity index (χ0n) is 20.5. The summed E-state index contributed by atoms with van der Waals surface area (Å²) in [6.45, 7) is 2.12. The first-order valence-corrected chi connectivity index (χ1v) is 13.9. The zero-order chi connectivity index (χ0) is 27.5. The first kappa shape index (κ1) is 29.1. The maximum atomic E-state index is 13.4. The van der Waals surface area contributed by atoms with Gasteiger partial charge in [0.2, 0.25) is 0 Å². The molecule has 1 aromatic heterocycles. The molecule has 1 fully saturated rings. The van der Waals surface area contributed by atoms with Crippen LogP contribution in [-0.2, 0) is 30.6 Å². The summed E-state index contributed by atoms with van der Waals surface area (Å²) in [5.74, 6) is -0.969. The molecule has 3 rings (SSSR count). The molecule has 2 heterocycles. The summed E-state index contributed by atoms with van der Waals surface area (Å²) in [6.07, 6.45) is -3.37. The van der Waals surface area contributed by atoms with E-state index in [0.29, 0.717) is 0 Å². The number of rotatable bonds is 10. The van der Waals surface area contributed by atoms with E-state index in [9.17, 15) is 29.0 Å². The number of aromatic amines is 1. The quantitative estimate of drug-likeness (QED) is 0.241. The molecule has 0 spiro atoms. The highest BCUT2D eigenvalue weighted by atomic mass is 32.5. The molecule has 6 atom stereocenters. The van der Waals surface area contributed by atoms with E-state index >= 15 is 0 Å². The van der Waals surface area contributed by atoms with Crippen LogP contribution in [0.15, 0.2) is 46.1 Å². The van der Waals surface area contributed by atoms with Gasteiger partial charge in [-0.2, -0.15) is 0 Å². The Morgan fingerprint density at radius 3 is 2.54 bits per heavy atom. The molecular weight excluding hydrogens is 532 g/mol. The molecule has 1 aliphatic heterocycles. The Bertz CT molecular complexity index is 1270. The number of carbonyl (C=O) groups excluding carboxylic acids is 1. The third-order valence-corrected chi connectivity index (χ3v) is 7.86. The Balaban J connectivity index is 1.81. The fourth-order valence-corrected chi connectivity index (χ4v) is 5.93. The molecular formula is C22H29FN3O9PS. The number of benzene rings is 1. The summed E-state index contributed by atoms with van der Waals surface area (Å²) in [7, 11) is 0. The number of aliphatic hydroxyl groups is 2. The van der Waals surface area contributed by atoms with E-state index < -0.39 is 66.4 Å². The van der Waals surface area contributed by atoms with E-state index in [1.165, 1.54) is 26.0 Å². The molecule has 4 N–H and O–H groups in total. The van der Waals surface area contributed by atoms with Crippen molar-refractivity contribution in [1.82, 2.24) is 14.6 Å². The van der Waals surface area contributed by atoms with Gasteiger partial charge in [0.05, 0.1) is 12.7 Å². The minimum Gasteiger partial charge on any atom is -0.462 e. The fourth-order valence-electron chi connectivity index (χ4n) is 3.51. The van der Waals surface area contributed by atoms with Crippen LogP contribution in [0.4, 0.5) is 4.39 Å². The first-order valence-electron chi connectivity index (χ1n) is 11.3. The summed E-state index contributed by atoms with van der Waals surface area (Å²) in [4.78, 5) is 38.0. The van der Waals surface area contributed by atoms with Gasteiger partial charge in [0.1, 0.15) is 35.4 Å². The number of aromatic nitrogens is 2. The maximum absolute atomic E-state index is 13.4. The van der Waals surface area contributed by atoms with Crippen molar-refractivity contribution in [3.63, 3.8) is 0 Å². The number of nitrogens with one attached hydrogen (secondary N) is 2. The average molecular weight is 562 g/mol. The molecule has 0 aliphatic carbocycles. The SMILES string of the molecule is CC(C)OC(=O)C(C)NP(=S)(OCC1OC(n2ccc(=O)[nH]c2=O)C(C)(O)C1O)Oc1ccc(F)cc1. The zero-order valence-corrected chi connectivity index (χ0v) is 22.2. The number of H-pyrrole nitrogens is 1. The van der Waals surface area contributed by atoms with Crippen molar-refractivity contribution < 1.29 is 37.9 Å². The van der Waals surface area contributed by atoms with E-state index in [4.69, 9.17) is 30.3 Å². The van der Waals surface area contributed by atoms with Crippen molar-refractivity contribution >= 4 is 24.4 Å². The molecule has 15 heteroatoms. The van der Waals surface area contributed by atoms with Crippen LogP contribution in [0, 0.1) is 5.82 Å². The second-order valence-corrected chi connectivity index (χ2v) is 12.0. The number of carbonyl (C=O) groups is 1. The largest absolute Gasteiger partial charge is 0.462 e. The van der Waals surface area contributed by atoms with Crippen LogP contribution >= 0.6 is 6.64 Å². The van der Waals surface area contributed by atoms with E-state index in [1.54, 1.807) is 13.8 Å². The van der Waals surface area contributed by atoms with Crippen LogP contribution < -0.4 is 20.9 Å². The lowest BCUT2D eigenvalue weighted by molar-refractivity contribution is -0.149. The second kappa shape index (κ2) is 11.5. The number of halogens is 1. The van der Waals surface area contributed by atoms with Crippen LogP contribution in [0.3, 0.4) is 0 Å². The molecule has 0 saturated carbocycles. The molecule has 37 heavy (non-hydrogen) atoms. The van der Waals surface area contributed by atoms with Gasteiger partial charge in [0.25, 0.3) is 5.56 Å². The minimum atomic E-state index is -3.57. The van der Waals surface area contributed by atoms with Crippen LogP contribution in [0.2, 0.25) is 0 Å². The van der Waals surface area contributed by atoms with E-state index in [1.807, 2.05) is 0 Å². The fraction of sp³-hybridized carbons (Fsp3) is 0.500. The Morgan fingerprint density at radius 1 is 1.30 bits per heavy atom. The first-order chi connectivity index (χ1) is 17.2. The van der Waals surface area contributed by atoms with Crippen molar-refractivity contribution in [3.8, 4) is 5.75 Å². The highest BCUT2D eigenvalue weighted by Crippen LogP contribution is 2.47. The highest BCUT2D eigenvalue weighted by molar-refractivity contribution is 8.09. The molecule has 0 bridgehead atoms. The smallest absolute Gasteiger partial charge is 0.330 e. The van der Waals surface area contributed by atoms with Gasteiger partial charge in [-0.3, -0.25) is 19.1 Å². The van der Waals surface area contributed by atoms with Gasteiger partial charge in [-0.05, 0) is 63.8 Å². The average Bonchev–Trinajstić information content (AvgIpc) is 3.02. The minimum absolute atomic E-state index is 0.152. The van der Waals surface area contributed by atoms with Gasteiger partial charge in [-0.25, -0.2) is 14.3 Å². The molecule has 0 amide bonds. The summed E-state index contributed by atoms with van der Waals surface area (Å²) in [6, 6.07) is 5.05. The van der Waals surface area contributed by atoms with Gasteiger partial charge in [-0.15, -0.1) is 0 Å². The third-order valence-electron chi connectivity index (χ3n) is 5.36. The van der Waals surface area contributed by atoms with E-state index in [-0.39, 0.29) is 11.9 Å². The molecule has 12 nitrogen and oxygen atoms in total. The molecule has 1 saturated heterocycles. The lowest BCUT2D eigenvalue weighted by Crippen LogP contribution is -2.47. The normalized spacial score (nSPS) is 26.0. The van der Waals surface area contributed by atoms with Crippen LogP contribution in [0.5, 0.6) is 5.75 Å². The predicted octanol–water partition coefficient (Wildman–Crippen LogP) is 0.935. The van der Waals surface area contributed by atoms with Crippen LogP contribution in [0.1, 0.15) is 33.9 Å². The van der Waals surface area contributed by atoms with Crippen molar-refractivity contribution in [2.75, 3.05) is 6.61 Å². The summed E-state index contributed by atoms with van der Waals surface area (Å²) in [5, 5.41) is 24.4. The number of ether oxygens (including phenoxy) is 2. The van der Waals surface area contributed by atoms with Crippen molar-refractivity contribution in [2.24, 2.45) is 0 Å². The molecule has 0 radical (unpaired) electrons. The lowest BCUT2D eigenvalue weighted by atomic mass is 9.96. The van der Waals surface area contributed by atoms with E-state index in [2.05, 4.69) is 10.1 Å². The van der Waals surface area contributed by atoms with Gasteiger partial charge < -0.3 is 28.7 Å². The summed E-state index contributed by atoms with van der Waals surface area (Å²) >= 11 is 5.57. The van der Waals surface area contributed by atoms with Crippen LogP contribution in [0.25, 0.3) is 0 Å². The molecule has 204 valence electrons.